The summed E-state index contributed by atoms with van der Waals surface area (Å²) in [6.07, 6.45) is 0. The highest BCUT2D eigenvalue weighted by Gasteiger charge is 2.20. The summed E-state index contributed by atoms with van der Waals surface area (Å²) in [6.45, 7) is 2.11. The molecule has 2 N–H and O–H groups in total. The molecule has 6 nitrogen and oxygen atoms in total. The van der Waals surface area contributed by atoms with Crippen LogP contribution in [0.25, 0.3) is 0 Å². The first kappa shape index (κ1) is 20.5. The number of likely N-dealkylation sites (N-methyl/N-ethyl adjacent to an activating group) is 1. The third-order valence-electron chi connectivity index (χ3n) is 4.37. The Morgan fingerprint density at radius 3 is 2.22 bits per heavy atom. The number of rotatable bonds is 8. The number of carbonyl (C=O) groups is 2. The minimum Gasteiger partial charge on any atom is -0.497 e. The number of methoxy groups -OCH3 is 1. The average molecular weight is 369 g/mol. The number of amides is 2. The zero-order valence-corrected chi connectivity index (χ0v) is 16.2. The van der Waals surface area contributed by atoms with Gasteiger partial charge in [-0.15, -0.1) is 0 Å². The third kappa shape index (κ3) is 5.82. The molecule has 0 aromatic heterocycles. The standard InChI is InChI=1S/C21H27N3O3/c1-15(23-21(26)17-8-6-5-7-9-17)20(25)22-14-19(24(2)3)16-10-12-18(27-4)13-11-16/h5-13,15,19H,14H2,1-4H3,(H,22,25)(H,23,26). The van der Waals surface area contributed by atoms with Crippen LogP contribution in [0, 0.1) is 0 Å². The van der Waals surface area contributed by atoms with Gasteiger partial charge in [0.25, 0.3) is 5.91 Å². The van der Waals surface area contributed by atoms with E-state index in [1.54, 1.807) is 38.3 Å². The van der Waals surface area contributed by atoms with E-state index in [1.165, 1.54) is 0 Å². The molecule has 2 rings (SSSR count). The van der Waals surface area contributed by atoms with E-state index < -0.39 is 6.04 Å². The topological polar surface area (TPSA) is 70.7 Å². The Balaban J connectivity index is 1.93. The van der Waals surface area contributed by atoms with E-state index in [2.05, 4.69) is 10.6 Å². The van der Waals surface area contributed by atoms with Gasteiger partial charge in [0.15, 0.2) is 0 Å². The second-order valence-corrected chi connectivity index (χ2v) is 6.56. The molecule has 0 aliphatic carbocycles. The zero-order valence-electron chi connectivity index (χ0n) is 16.2. The number of benzene rings is 2. The Labute approximate surface area is 160 Å². The Morgan fingerprint density at radius 1 is 1.04 bits per heavy atom. The van der Waals surface area contributed by atoms with E-state index in [1.807, 2.05) is 49.3 Å². The highest BCUT2D eigenvalue weighted by Crippen LogP contribution is 2.20. The summed E-state index contributed by atoms with van der Waals surface area (Å²) in [6, 6.07) is 16.0. The highest BCUT2D eigenvalue weighted by atomic mass is 16.5. The number of hydrogen-bond acceptors (Lipinski definition) is 4. The molecule has 2 aromatic rings. The van der Waals surface area contributed by atoms with Gasteiger partial charge in [0, 0.05) is 12.1 Å². The lowest BCUT2D eigenvalue weighted by Gasteiger charge is -2.26. The summed E-state index contributed by atoms with van der Waals surface area (Å²) in [4.78, 5) is 26.6. The summed E-state index contributed by atoms with van der Waals surface area (Å²) in [5.41, 5.74) is 1.60. The molecule has 2 unspecified atom stereocenters. The summed E-state index contributed by atoms with van der Waals surface area (Å²) >= 11 is 0. The van der Waals surface area contributed by atoms with Crippen molar-refractivity contribution in [2.75, 3.05) is 27.7 Å². The van der Waals surface area contributed by atoms with E-state index in [-0.39, 0.29) is 17.9 Å². The maximum absolute atomic E-state index is 12.4. The van der Waals surface area contributed by atoms with Gasteiger partial charge < -0.3 is 20.3 Å². The summed E-state index contributed by atoms with van der Waals surface area (Å²) in [5, 5.41) is 5.64. The van der Waals surface area contributed by atoms with Crippen LogP contribution in [0.2, 0.25) is 0 Å². The molecule has 0 bridgehead atoms. The molecule has 2 aromatic carbocycles. The number of nitrogens with zero attached hydrogens (tertiary/aromatic N) is 1. The Morgan fingerprint density at radius 2 is 1.67 bits per heavy atom. The lowest BCUT2D eigenvalue weighted by Crippen LogP contribution is -2.46. The van der Waals surface area contributed by atoms with Crippen LogP contribution < -0.4 is 15.4 Å². The highest BCUT2D eigenvalue weighted by molar-refractivity contribution is 5.97. The predicted octanol–water partition coefficient (Wildman–Crippen LogP) is 2.23. The van der Waals surface area contributed by atoms with Crippen molar-refractivity contribution in [3.8, 4) is 5.75 Å². The molecule has 0 aliphatic rings. The van der Waals surface area contributed by atoms with Gasteiger partial charge >= 0.3 is 0 Å². The van der Waals surface area contributed by atoms with Gasteiger partial charge in [0.2, 0.25) is 5.91 Å². The number of nitrogens with one attached hydrogen (secondary N) is 2. The van der Waals surface area contributed by atoms with E-state index in [4.69, 9.17) is 4.74 Å². The number of ether oxygens (including phenoxy) is 1. The van der Waals surface area contributed by atoms with Crippen LogP contribution in [-0.2, 0) is 4.79 Å². The number of carbonyl (C=O) groups excluding carboxylic acids is 2. The molecule has 0 spiro atoms. The molecule has 0 fully saturated rings. The molecule has 0 saturated heterocycles. The van der Waals surface area contributed by atoms with Gasteiger partial charge in [-0.25, -0.2) is 0 Å². The van der Waals surface area contributed by atoms with E-state index in [0.29, 0.717) is 12.1 Å². The molecule has 144 valence electrons. The van der Waals surface area contributed by atoms with Gasteiger partial charge in [-0.2, -0.15) is 0 Å². The van der Waals surface area contributed by atoms with Gasteiger partial charge in [0.05, 0.1) is 13.2 Å². The second kappa shape index (κ2) is 9.73. The zero-order chi connectivity index (χ0) is 19.8. The van der Waals surface area contributed by atoms with Crippen LogP contribution in [0.3, 0.4) is 0 Å². The van der Waals surface area contributed by atoms with Gasteiger partial charge in [-0.3, -0.25) is 9.59 Å². The van der Waals surface area contributed by atoms with Crippen molar-refractivity contribution < 1.29 is 14.3 Å². The van der Waals surface area contributed by atoms with Crippen molar-refractivity contribution >= 4 is 11.8 Å². The van der Waals surface area contributed by atoms with Gasteiger partial charge in [0.1, 0.15) is 11.8 Å². The minimum atomic E-state index is -0.628. The Kier molecular flexibility index (Phi) is 7.37. The van der Waals surface area contributed by atoms with Crippen molar-refractivity contribution in [2.24, 2.45) is 0 Å². The van der Waals surface area contributed by atoms with Gasteiger partial charge in [-0.05, 0) is 50.8 Å². The largest absolute Gasteiger partial charge is 0.497 e. The lowest BCUT2D eigenvalue weighted by molar-refractivity contribution is -0.122. The van der Waals surface area contributed by atoms with Crippen LogP contribution in [0.5, 0.6) is 5.75 Å². The monoisotopic (exact) mass is 369 g/mol. The fourth-order valence-electron chi connectivity index (χ4n) is 2.71. The van der Waals surface area contributed by atoms with Crippen LogP contribution in [0.4, 0.5) is 0 Å². The first-order valence-electron chi connectivity index (χ1n) is 8.86. The minimum absolute atomic E-state index is 0.0110. The van der Waals surface area contributed by atoms with E-state index in [9.17, 15) is 9.59 Å². The number of hydrogen-bond donors (Lipinski definition) is 2. The third-order valence-corrected chi connectivity index (χ3v) is 4.37. The van der Waals surface area contributed by atoms with Crippen LogP contribution in [0.15, 0.2) is 54.6 Å². The van der Waals surface area contributed by atoms with Crippen LogP contribution in [-0.4, -0.2) is 50.5 Å². The smallest absolute Gasteiger partial charge is 0.251 e. The molecular formula is C21H27N3O3. The van der Waals surface area contributed by atoms with Crippen molar-refractivity contribution in [2.45, 2.75) is 19.0 Å². The summed E-state index contributed by atoms with van der Waals surface area (Å²) < 4.78 is 5.19. The Hall–Kier alpha value is -2.86. The lowest BCUT2D eigenvalue weighted by atomic mass is 10.1. The van der Waals surface area contributed by atoms with Gasteiger partial charge in [-0.1, -0.05) is 30.3 Å². The first-order valence-corrected chi connectivity index (χ1v) is 8.86. The van der Waals surface area contributed by atoms with E-state index >= 15 is 0 Å². The maximum Gasteiger partial charge on any atom is 0.251 e. The van der Waals surface area contributed by atoms with E-state index in [0.717, 1.165) is 11.3 Å². The maximum atomic E-state index is 12.4. The van der Waals surface area contributed by atoms with Crippen LogP contribution in [0.1, 0.15) is 28.9 Å². The Bertz CT molecular complexity index is 745. The fourth-order valence-corrected chi connectivity index (χ4v) is 2.71. The predicted molar refractivity (Wildman–Crippen MR) is 106 cm³/mol. The van der Waals surface area contributed by atoms with Crippen molar-refractivity contribution in [1.82, 2.24) is 15.5 Å². The first-order chi connectivity index (χ1) is 12.9. The van der Waals surface area contributed by atoms with Crippen molar-refractivity contribution in [3.63, 3.8) is 0 Å². The molecule has 0 radical (unpaired) electrons. The molecular weight excluding hydrogens is 342 g/mol. The fraction of sp³-hybridized carbons (Fsp3) is 0.333. The summed E-state index contributed by atoms with van der Waals surface area (Å²) in [5.74, 6) is 0.301. The molecule has 0 aliphatic heterocycles. The molecule has 6 heteroatoms. The van der Waals surface area contributed by atoms with Crippen molar-refractivity contribution in [1.29, 1.82) is 0 Å². The normalized spacial score (nSPS) is 12.9. The molecule has 0 saturated carbocycles. The average Bonchev–Trinajstić information content (AvgIpc) is 2.68. The van der Waals surface area contributed by atoms with Crippen LogP contribution >= 0.6 is 0 Å². The molecule has 2 atom stereocenters. The van der Waals surface area contributed by atoms with Crippen molar-refractivity contribution in [3.05, 3.63) is 65.7 Å². The SMILES string of the molecule is COc1ccc(C(CNC(=O)C(C)NC(=O)c2ccccc2)N(C)C)cc1. The molecule has 27 heavy (non-hydrogen) atoms. The summed E-state index contributed by atoms with van der Waals surface area (Å²) in [7, 11) is 5.55. The quantitative estimate of drug-likeness (QED) is 0.749. The molecule has 2 amide bonds. The molecule has 0 heterocycles. The second-order valence-electron chi connectivity index (χ2n) is 6.56.